The molecule has 0 heterocycles. The number of carboxylic acid groups (broad SMARTS) is 1. The van der Waals surface area contributed by atoms with E-state index in [0.29, 0.717) is 5.56 Å². The molecule has 0 aliphatic rings. The van der Waals surface area contributed by atoms with Crippen LogP contribution in [0.5, 0.6) is 0 Å². The third-order valence-electron chi connectivity index (χ3n) is 2.78. The summed E-state index contributed by atoms with van der Waals surface area (Å²) in [5.41, 5.74) is 0.421. The van der Waals surface area contributed by atoms with Gasteiger partial charge in [-0.05, 0) is 12.5 Å². The molecule has 7 heteroatoms. The van der Waals surface area contributed by atoms with Crippen LogP contribution in [0.25, 0.3) is 0 Å². The number of ether oxygens (including phenoxy) is 1. The van der Waals surface area contributed by atoms with E-state index >= 15 is 0 Å². The fourth-order valence-corrected chi connectivity index (χ4v) is 1.93. The number of nitro groups is 1. The Labute approximate surface area is 115 Å². The molecular weight excluding hydrogens is 266 g/mol. The van der Waals surface area contributed by atoms with Gasteiger partial charge in [0.15, 0.2) is 5.92 Å². The van der Waals surface area contributed by atoms with Crippen molar-refractivity contribution in [2.75, 3.05) is 13.2 Å². The molecular formula is C13H15NO6. The first-order valence-electron chi connectivity index (χ1n) is 6.03. The molecule has 0 aromatic heterocycles. The van der Waals surface area contributed by atoms with E-state index in [-0.39, 0.29) is 6.61 Å². The number of hydrogen-bond acceptors (Lipinski definition) is 5. The summed E-state index contributed by atoms with van der Waals surface area (Å²) < 4.78 is 4.71. The summed E-state index contributed by atoms with van der Waals surface area (Å²) in [5, 5.41) is 19.9. The van der Waals surface area contributed by atoms with Gasteiger partial charge in [0.2, 0.25) is 6.54 Å². The molecule has 0 amide bonds. The van der Waals surface area contributed by atoms with Crippen LogP contribution < -0.4 is 0 Å². The lowest BCUT2D eigenvalue weighted by molar-refractivity contribution is -0.484. The molecule has 0 saturated carbocycles. The largest absolute Gasteiger partial charge is 0.481 e. The molecule has 0 saturated heterocycles. The highest BCUT2D eigenvalue weighted by Gasteiger charge is 2.40. The second-order valence-electron chi connectivity index (χ2n) is 4.10. The highest BCUT2D eigenvalue weighted by molar-refractivity contribution is 5.95. The van der Waals surface area contributed by atoms with Crippen molar-refractivity contribution in [3.8, 4) is 0 Å². The number of hydrogen-bond donors (Lipinski definition) is 1. The van der Waals surface area contributed by atoms with Crippen molar-refractivity contribution < 1.29 is 24.4 Å². The fraction of sp³-hybridized carbons (Fsp3) is 0.385. The van der Waals surface area contributed by atoms with Gasteiger partial charge in [-0.25, -0.2) is 0 Å². The lowest BCUT2D eigenvalue weighted by Crippen LogP contribution is -2.35. The molecule has 20 heavy (non-hydrogen) atoms. The molecule has 1 aromatic carbocycles. The lowest BCUT2D eigenvalue weighted by atomic mass is 9.86. The summed E-state index contributed by atoms with van der Waals surface area (Å²) in [6, 6.07) is 8.08. The molecule has 0 bridgehead atoms. The Morgan fingerprint density at radius 3 is 2.40 bits per heavy atom. The topological polar surface area (TPSA) is 107 Å². The van der Waals surface area contributed by atoms with Gasteiger partial charge >= 0.3 is 11.9 Å². The molecule has 0 radical (unpaired) electrons. The fourth-order valence-electron chi connectivity index (χ4n) is 1.93. The summed E-state index contributed by atoms with van der Waals surface area (Å²) in [4.78, 5) is 33.2. The van der Waals surface area contributed by atoms with E-state index in [0.717, 1.165) is 0 Å². The predicted octanol–water partition coefficient (Wildman–Crippen LogP) is 1.31. The van der Waals surface area contributed by atoms with E-state index in [2.05, 4.69) is 0 Å². The highest BCUT2D eigenvalue weighted by Crippen LogP contribution is 2.26. The van der Waals surface area contributed by atoms with Crippen molar-refractivity contribution in [1.82, 2.24) is 0 Å². The minimum Gasteiger partial charge on any atom is -0.481 e. The summed E-state index contributed by atoms with van der Waals surface area (Å²) in [6.07, 6.45) is 0. The van der Waals surface area contributed by atoms with Gasteiger partial charge in [-0.3, -0.25) is 19.7 Å². The van der Waals surface area contributed by atoms with Gasteiger partial charge in [0.05, 0.1) is 12.5 Å². The normalized spacial score (nSPS) is 13.2. The van der Waals surface area contributed by atoms with Gasteiger partial charge in [0, 0.05) is 4.92 Å². The number of carboxylic acids is 1. The SMILES string of the molecule is CCOC(=O)C(C(=O)O)C(C[N+](=O)[O-])c1ccccc1. The summed E-state index contributed by atoms with van der Waals surface area (Å²) in [7, 11) is 0. The van der Waals surface area contributed by atoms with E-state index in [4.69, 9.17) is 4.74 Å². The molecule has 0 spiro atoms. The van der Waals surface area contributed by atoms with Crippen LogP contribution in [-0.4, -0.2) is 35.1 Å². The maximum Gasteiger partial charge on any atom is 0.321 e. The van der Waals surface area contributed by atoms with Crippen LogP contribution in [0.4, 0.5) is 0 Å². The average molecular weight is 281 g/mol. The molecule has 108 valence electrons. The smallest absolute Gasteiger partial charge is 0.321 e. The zero-order valence-electron chi connectivity index (χ0n) is 10.9. The molecule has 2 unspecified atom stereocenters. The van der Waals surface area contributed by atoms with Gasteiger partial charge in [0.25, 0.3) is 0 Å². The van der Waals surface area contributed by atoms with E-state index in [9.17, 15) is 24.8 Å². The van der Waals surface area contributed by atoms with E-state index in [1.807, 2.05) is 0 Å². The molecule has 0 fully saturated rings. The molecule has 1 aromatic rings. The molecule has 1 N–H and O–H groups in total. The zero-order chi connectivity index (χ0) is 15.1. The number of aliphatic carboxylic acids is 1. The van der Waals surface area contributed by atoms with Gasteiger partial charge in [-0.15, -0.1) is 0 Å². The maximum absolute atomic E-state index is 11.8. The second-order valence-corrected chi connectivity index (χ2v) is 4.10. The Morgan fingerprint density at radius 2 is 1.95 bits per heavy atom. The first-order chi connectivity index (χ1) is 9.47. The minimum atomic E-state index is -1.59. The van der Waals surface area contributed by atoms with Crippen LogP contribution in [0.1, 0.15) is 18.4 Å². The van der Waals surface area contributed by atoms with Crippen LogP contribution in [0.2, 0.25) is 0 Å². The highest BCUT2D eigenvalue weighted by atomic mass is 16.6. The van der Waals surface area contributed by atoms with Crippen LogP contribution >= 0.6 is 0 Å². The molecule has 0 aliphatic heterocycles. The predicted molar refractivity (Wildman–Crippen MR) is 68.8 cm³/mol. The number of rotatable bonds is 7. The van der Waals surface area contributed by atoms with Crippen LogP contribution in [-0.2, 0) is 14.3 Å². The minimum absolute atomic E-state index is 0.0165. The van der Waals surface area contributed by atoms with Crippen molar-refractivity contribution in [2.24, 2.45) is 5.92 Å². The van der Waals surface area contributed by atoms with Crippen LogP contribution in [0.15, 0.2) is 30.3 Å². The second kappa shape index (κ2) is 7.22. The Balaban J connectivity index is 3.15. The Bertz CT molecular complexity index is 487. The lowest BCUT2D eigenvalue weighted by Gasteiger charge is -2.19. The van der Waals surface area contributed by atoms with Gasteiger partial charge < -0.3 is 9.84 Å². The van der Waals surface area contributed by atoms with E-state index in [1.54, 1.807) is 37.3 Å². The van der Waals surface area contributed by atoms with Gasteiger partial charge in [0.1, 0.15) is 0 Å². The van der Waals surface area contributed by atoms with Crippen molar-refractivity contribution in [3.63, 3.8) is 0 Å². The van der Waals surface area contributed by atoms with Crippen molar-refractivity contribution in [1.29, 1.82) is 0 Å². The zero-order valence-corrected chi connectivity index (χ0v) is 10.9. The number of esters is 1. The monoisotopic (exact) mass is 281 g/mol. The maximum atomic E-state index is 11.8. The first-order valence-corrected chi connectivity index (χ1v) is 6.03. The summed E-state index contributed by atoms with van der Waals surface area (Å²) in [5.74, 6) is -5.06. The van der Waals surface area contributed by atoms with E-state index in [1.165, 1.54) is 0 Å². The van der Waals surface area contributed by atoms with Gasteiger partial charge in [-0.1, -0.05) is 30.3 Å². The molecule has 2 atom stereocenters. The summed E-state index contributed by atoms with van der Waals surface area (Å²) >= 11 is 0. The number of benzene rings is 1. The van der Waals surface area contributed by atoms with Crippen molar-refractivity contribution >= 4 is 11.9 Å². The third kappa shape index (κ3) is 4.04. The number of carbonyl (C=O) groups excluding carboxylic acids is 1. The van der Waals surface area contributed by atoms with Crippen LogP contribution in [0.3, 0.4) is 0 Å². The van der Waals surface area contributed by atoms with Gasteiger partial charge in [-0.2, -0.15) is 0 Å². The summed E-state index contributed by atoms with van der Waals surface area (Å²) in [6.45, 7) is 0.907. The molecule has 7 nitrogen and oxygen atoms in total. The Kier molecular flexibility index (Phi) is 5.64. The third-order valence-corrected chi connectivity index (χ3v) is 2.78. The molecule has 0 aliphatic carbocycles. The van der Waals surface area contributed by atoms with Crippen molar-refractivity contribution in [3.05, 3.63) is 46.0 Å². The van der Waals surface area contributed by atoms with E-state index < -0.39 is 35.2 Å². The number of nitrogens with zero attached hydrogens (tertiary/aromatic N) is 1. The number of carbonyl (C=O) groups is 2. The van der Waals surface area contributed by atoms with Crippen molar-refractivity contribution in [2.45, 2.75) is 12.8 Å². The quantitative estimate of drug-likeness (QED) is 0.349. The Morgan fingerprint density at radius 1 is 1.35 bits per heavy atom. The van der Waals surface area contributed by atoms with Crippen LogP contribution in [0, 0.1) is 16.0 Å². The Hall–Kier alpha value is -2.44. The first kappa shape index (κ1) is 15.6. The average Bonchev–Trinajstić information content (AvgIpc) is 2.38. The molecule has 1 rings (SSSR count). The standard InChI is InChI=1S/C13H15NO6/c1-2-20-13(17)11(12(15)16)10(8-14(18)19)9-6-4-3-5-7-9/h3-7,10-11H,2,8H2,1H3,(H,15,16).